The van der Waals surface area contributed by atoms with Crippen LogP contribution in [0.1, 0.15) is 16.7 Å². The van der Waals surface area contributed by atoms with Crippen LogP contribution in [0, 0.1) is 13.8 Å². The Morgan fingerprint density at radius 1 is 1.16 bits per heavy atom. The van der Waals surface area contributed by atoms with Gasteiger partial charge in [0.15, 0.2) is 0 Å². The Balaban J connectivity index is 1.61. The lowest BCUT2D eigenvalue weighted by Gasteiger charge is -2.26. The highest BCUT2D eigenvalue weighted by Gasteiger charge is 2.08. The third kappa shape index (κ3) is 4.94. The zero-order chi connectivity index (χ0) is 13.5. The van der Waals surface area contributed by atoms with Crippen LogP contribution in [0.3, 0.4) is 0 Å². The second-order valence-corrected chi connectivity index (χ2v) is 5.38. The molecule has 0 spiro atoms. The van der Waals surface area contributed by atoms with E-state index in [0.717, 1.165) is 52.4 Å². The van der Waals surface area contributed by atoms with Crippen LogP contribution >= 0.6 is 0 Å². The average Bonchev–Trinajstić information content (AvgIpc) is 2.42. The summed E-state index contributed by atoms with van der Waals surface area (Å²) in [5.74, 6) is 0. The summed E-state index contributed by atoms with van der Waals surface area (Å²) in [5, 5.41) is 3.37. The van der Waals surface area contributed by atoms with Gasteiger partial charge in [-0.05, 0) is 31.4 Å². The summed E-state index contributed by atoms with van der Waals surface area (Å²) in [6.45, 7) is 11.6. The molecule has 1 saturated heterocycles. The van der Waals surface area contributed by atoms with Crippen molar-refractivity contribution in [3.05, 3.63) is 34.9 Å². The van der Waals surface area contributed by atoms with Crippen molar-refractivity contribution in [3.8, 4) is 0 Å². The molecule has 1 heterocycles. The number of ether oxygens (including phenoxy) is 1. The van der Waals surface area contributed by atoms with Gasteiger partial charge < -0.3 is 10.1 Å². The molecule has 0 radical (unpaired) electrons. The highest BCUT2D eigenvalue weighted by Crippen LogP contribution is 2.11. The number of nitrogens with one attached hydrogen (secondary N) is 1. The number of rotatable bonds is 6. The summed E-state index contributed by atoms with van der Waals surface area (Å²) in [6, 6.07) is 6.66. The fourth-order valence-corrected chi connectivity index (χ4v) is 2.54. The predicted molar refractivity (Wildman–Crippen MR) is 79.7 cm³/mol. The van der Waals surface area contributed by atoms with Crippen molar-refractivity contribution in [2.45, 2.75) is 20.3 Å². The van der Waals surface area contributed by atoms with Gasteiger partial charge in [-0.2, -0.15) is 0 Å². The number of hydrogen-bond acceptors (Lipinski definition) is 3. The summed E-state index contributed by atoms with van der Waals surface area (Å²) in [4.78, 5) is 2.47. The van der Waals surface area contributed by atoms with Crippen LogP contribution in [0.15, 0.2) is 18.2 Å². The lowest BCUT2D eigenvalue weighted by atomic mass is 10.0. The Morgan fingerprint density at radius 2 is 1.95 bits per heavy atom. The van der Waals surface area contributed by atoms with Crippen LogP contribution in [0.25, 0.3) is 0 Å². The molecule has 0 saturated carbocycles. The molecule has 19 heavy (non-hydrogen) atoms. The van der Waals surface area contributed by atoms with Crippen molar-refractivity contribution in [2.24, 2.45) is 0 Å². The maximum Gasteiger partial charge on any atom is 0.0593 e. The number of aryl methyl sites for hydroxylation is 2. The molecule has 2 rings (SSSR count). The Kier molecular flexibility index (Phi) is 5.83. The summed E-state index contributed by atoms with van der Waals surface area (Å²) in [7, 11) is 0. The summed E-state index contributed by atoms with van der Waals surface area (Å²) < 4.78 is 5.76. The first kappa shape index (κ1) is 14.5. The topological polar surface area (TPSA) is 24.5 Å². The minimum atomic E-state index is 0.829. The third-order valence-corrected chi connectivity index (χ3v) is 3.78. The van der Waals surface area contributed by atoms with Gasteiger partial charge in [0.1, 0.15) is 0 Å². The van der Waals surface area contributed by atoms with Crippen molar-refractivity contribution in [1.82, 2.24) is 10.2 Å². The Labute approximate surface area is 116 Å². The maximum absolute atomic E-state index is 5.76. The normalized spacial score (nSPS) is 16.7. The second kappa shape index (κ2) is 7.63. The molecule has 1 aromatic rings. The van der Waals surface area contributed by atoms with E-state index in [1.807, 2.05) is 0 Å². The van der Waals surface area contributed by atoms with Gasteiger partial charge in [-0.25, -0.2) is 0 Å². The molecule has 3 heteroatoms. The molecule has 1 fully saturated rings. The van der Waals surface area contributed by atoms with E-state index in [-0.39, 0.29) is 0 Å². The van der Waals surface area contributed by atoms with Crippen LogP contribution in [0.2, 0.25) is 0 Å². The van der Waals surface area contributed by atoms with Crippen LogP contribution in [-0.2, 0) is 11.2 Å². The first-order chi connectivity index (χ1) is 9.25. The molecule has 0 unspecified atom stereocenters. The molecular weight excluding hydrogens is 236 g/mol. The van der Waals surface area contributed by atoms with Gasteiger partial charge in [-0.1, -0.05) is 23.8 Å². The number of benzene rings is 1. The molecule has 0 amide bonds. The lowest BCUT2D eigenvalue weighted by molar-refractivity contribution is 0.101. The zero-order valence-corrected chi connectivity index (χ0v) is 12.2. The van der Waals surface area contributed by atoms with Gasteiger partial charge in [-0.3, -0.25) is 4.90 Å². The van der Waals surface area contributed by atoms with Crippen molar-refractivity contribution in [2.75, 3.05) is 45.9 Å². The Bertz CT molecular complexity index is 386. The molecule has 0 aliphatic carbocycles. The van der Waals surface area contributed by atoms with Gasteiger partial charge in [-0.15, -0.1) is 0 Å². The van der Waals surface area contributed by atoms with Crippen molar-refractivity contribution in [3.63, 3.8) is 0 Å². The molecule has 0 aromatic heterocycles. The molecule has 106 valence electrons. The van der Waals surface area contributed by atoms with E-state index in [2.05, 4.69) is 42.3 Å². The minimum Gasteiger partial charge on any atom is -0.380 e. The number of piperazine rings is 1. The zero-order valence-electron chi connectivity index (χ0n) is 12.2. The molecule has 1 aromatic carbocycles. The van der Waals surface area contributed by atoms with Gasteiger partial charge in [0.2, 0.25) is 0 Å². The summed E-state index contributed by atoms with van der Waals surface area (Å²) >= 11 is 0. The first-order valence-corrected chi connectivity index (χ1v) is 7.32. The van der Waals surface area contributed by atoms with E-state index >= 15 is 0 Å². The molecule has 3 nitrogen and oxygen atoms in total. The SMILES string of the molecule is Cc1ccc(CCOCCN2CCNCC2)c(C)c1. The largest absolute Gasteiger partial charge is 0.380 e. The average molecular weight is 262 g/mol. The van der Waals surface area contributed by atoms with E-state index in [1.54, 1.807) is 0 Å². The second-order valence-electron chi connectivity index (χ2n) is 5.38. The van der Waals surface area contributed by atoms with Crippen LogP contribution in [0.4, 0.5) is 0 Å². The minimum absolute atomic E-state index is 0.829. The van der Waals surface area contributed by atoms with Gasteiger partial charge in [0.05, 0.1) is 13.2 Å². The molecule has 1 N–H and O–H groups in total. The number of hydrogen-bond donors (Lipinski definition) is 1. The Morgan fingerprint density at radius 3 is 2.68 bits per heavy atom. The van der Waals surface area contributed by atoms with E-state index in [4.69, 9.17) is 4.74 Å². The van der Waals surface area contributed by atoms with Gasteiger partial charge in [0.25, 0.3) is 0 Å². The summed E-state index contributed by atoms with van der Waals surface area (Å²) in [5.41, 5.74) is 4.12. The van der Waals surface area contributed by atoms with Crippen LogP contribution in [0.5, 0.6) is 0 Å². The van der Waals surface area contributed by atoms with E-state index in [0.29, 0.717) is 0 Å². The van der Waals surface area contributed by atoms with Gasteiger partial charge in [0, 0.05) is 32.7 Å². The molecule has 0 bridgehead atoms. The highest BCUT2D eigenvalue weighted by molar-refractivity contribution is 5.30. The van der Waals surface area contributed by atoms with Crippen molar-refractivity contribution >= 4 is 0 Å². The highest BCUT2D eigenvalue weighted by atomic mass is 16.5. The lowest BCUT2D eigenvalue weighted by Crippen LogP contribution is -2.44. The fourth-order valence-electron chi connectivity index (χ4n) is 2.54. The maximum atomic E-state index is 5.76. The van der Waals surface area contributed by atoms with Gasteiger partial charge >= 0.3 is 0 Å². The monoisotopic (exact) mass is 262 g/mol. The Hall–Kier alpha value is -0.900. The first-order valence-electron chi connectivity index (χ1n) is 7.32. The number of nitrogens with zero attached hydrogens (tertiary/aromatic N) is 1. The third-order valence-electron chi connectivity index (χ3n) is 3.78. The van der Waals surface area contributed by atoms with Crippen LogP contribution < -0.4 is 5.32 Å². The standard InChI is InChI=1S/C16H26N2O/c1-14-3-4-16(15(2)13-14)5-11-19-12-10-18-8-6-17-7-9-18/h3-4,13,17H,5-12H2,1-2H3. The quantitative estimate of drug-likeness (QED) is 0.791. The molecule has 1 aliphatic heterocycles. The molecule has 0 atom stereocenters. The molecule has 1 aliphatic rings. The smallest absolute Gasteiger partial charge is 0.0593 e. The van der Waals surface area contributed by atoms with E-state index < -0.39 is 0 Å². The van der Waals surface area contributed by atoms with E-state index in [9.17, 15) is 0 Å². The predicted octanol–water partition coefficient (Wildman–Crippen LogP) is 1.77. The van der Waals surface area contributed by atoms with E-state index in [1.165, 1.54) is 16.7 Å². The van der Waals surface area contributed by atoms with Crippen LogP contribution in [-0.4, -0.2) is 50.8 Å². The molecular formula is C16H26N2O. The van der Waals surface area contributed by atoms with Crippen molar-refractivity contribution < 1.29 is 4.74 Å². The summed E-state index contributed by atoms with van der Waals surface area (Å²) in [6.07, 6.45) is 1.02. The van der Waals surface area contributed by atoms with Crippen molar-refractivity contribution in [1.29, 1.82) is 0 Å². The fraction of sp³-hybridized carbons (Fsp3) is 0.625.